The van der Waals surface area contributed by atoms with E-state index in [2.05, 4.69) is 9.05 Å². The number of carbonyl (C=O) groups excluding carboxylic acids is 1. The Labute approximate surface area is 99.0 Å². The minimum atomic E-state index is -4.32. The van der Waals surface area contributed by atoms with Crippen LogP contribution in [-0.4, -0.2) is 24.0 Å². The van der Waals surface area contributed by atoms with Gasteiger partial charge in [-0.2, -0.15) is 0 Å². The van der Waals surface area contributed by atoms with Gasteiger partial charge in [-0.1, -0.05) is 30.3 Å². The molecule has 0 bridgehead atoms. The third-order valence-electron chi connectivity index (χ3n) is 2.04. The third kappa shape index (κ3) is 4.66. The van der Waals surface area contributed by atoms with Crippen molar-refractivity contribution in [2.45, 2.75) is 12.5 Å². The second-order valence-electron chi connectivity index (χ2n) is 3.36. The molecular weight excluding hydrogens is 245 g/mol. The van der Waals surface area contributed by atoms with Crippen LogP contribution in [0.4, 0.5) is 0 Å². The van der Waals surface area contributed by atoms with E-state index in [0.29, 0.717) is 0 Å². The van der Waals surface area contributed by atoms with E-state index < -0.39 is 19.8 Å². The molecule has 6 nitrogen and oxygen atoms in total. The van der Waals surface area contributed by atoms with Crippen LogP contribution in [0.5, 0.6) is 0 Å². The van der Waals surface area contributed by atoms with Crippen LogP contribution in [0.15, 0.2) is 30.3 Å². The van der Waals surface area contributed by atoms with Gasteiger partial charge in [-0.05, 0) is 12.0 Å². The quantitative estimate of drug-likeness (QED) is 0.760. The molecule has 2 atom stereocenters. The van der Waals surface area contributed by atoms with Crippen LogP contribution in [-0.2, 0) is 24.8 Å². The van der Waals surface area contributed by atoms with Crippen molar-refractivity contribution in [1.29, 1.82) is 0 Å². The number of phosphoric acid groups is 1. The fourth-order valence-electron chi connectivity index (χ4n) is 1.17. The second-order valence-corrected chi connectivity index (χ2v) is 4.84. The molecule has 94 valence electrons. The summed E-state index contributed by atoms with van der Waals surface area (Å²) >= 11 is 0. The monoisotopic (exact) mass is 259 g/mol. The Morgan fingerprint density at radius 1 is 1.47 bits per heavy atom. The van der Waals surface area contributed by atoms with Crippen LogP contribution in [0, 0.1) is 0 Å². The van der Waals surface area contributed by atoms with Crippen LogP contribution in [0.1, 0.15) is 5.56 Å². The van der Waals surface area contributed by atoms with E-state index >= 15 is 0 Å². The maximum Gasteiger partial charge on any atom is 0.529 e. The van der Waals surface area contributed by atoms with Gasteiger partial charge in [-0.3, -0.25) is 9.42 Å². The summed E-state index contributed by atoms with van der Waals surface area (Å²) in [7, 11) is -3.35. The Kier molecular flexibility index (Phi) is 4.84. The molecule has 0 aliphatic rings. The van der Waals surface area contributed by atoms with E-state index in [1.54, 1.807) is 24.3 Å². The molecule has 0 heterocycles. The van der Waals surface area contributed by atoms with Crippen LogP contribution >= 0.6 is 7.82 Å². The number of rotatable bonds is 5. The Morgan fingerprint density at radius 3 is 2.59 bits per heavy atom. The minimum absolute atomic E-state index is 0.226. The lowest BCUT2D eigenvalue weighted by Crippen LogP contribution is -2.33. The predicted molar refractivity (Wildman–Crippen MR) is 61.0 cm³/mol. The van der Waals surface area contributed by atoms with Gasteiger partial charge in [0.05, 0.1) is 0 Å². The first kappa shape index (κ1) is 13.9. The van der Waals surface area contributed by atoms with Gasteiger partial charge in [0.15, 0.2) is 0 Å². The highest BCUT2D eigenvalue weighted by Crippen LogP contribution is 2.42. The molecule has 0 aromatic heterocycles. The molecule has 0 fully saturated rings. The average molecular weight is 259 g/mol. The number of carbonyl (C=O) groups is 1. The van der Waals surface area contributed by atoms with Crippen molar-refractivity contribution in [3.63, 3.8) is 0 Å². The standard InChI is InChI=1S/C10H14NO5P/c1-15-17(13,14)16-10(12)9(11)7-8-5-3-2-4-6-8/h2-6,9H,7,11H2,1H3,(H,13,14)/t9-/m0/s1. The molecule has 1 unspecified atom stereocenters. The van der Waals surface area contributed by atoms with Gasteiger partial charge in [0.2, 0.25) is 0 Å². The zero-order valence-corrected chi connectivity index (χ0v) is 10.2. The normalized spacial score (nSPS) is 15.9. The Bertz CT molecular complexity index is 422. The lowest BCUT2D eigenvalue weighted by Gasteiger charge is -2.13. The van der Waals surface area contributed by atoms with Crippen molar-refractivity contribution in [3.05, 3.63) is 35.9 Å². The van der Waals surface area contributed by atoms with Gasteiger partial charge in [0, 0.05) is 7.11 Å². The molecule has 17 heavy (non-hydrogen) atoms. The van der Waals surface area contributed by atoms with Gasteiger partial charge in [-0.25, -0.2) is 9.36 Å². The topological polar surface area (TPSA) is 98.9 Å². The van der Waals surface area contributed by atoms with Crippen LogP contribution < -0.4 is 5.73 Å². The van der Waals surface area contributed by atoms with E-state index in [1.807, 2.05) is 6.07 Å². The summed E-state index contributed by atoms with van der Waals surface area (Å²) in [6.45, 7) is 0. The second kappa shape index (κ2) is 5.93. The summed E-state index contributed by atoms with van der Waals surface area (Å²) < 4.78 is 19.4. The van der Waals surface area contributed by atoms with Crippen LogP contribution in [0.2, 0.25) is 0 Å². The molecular formula is C10H14NO5P. The van der Waals surface area contributed by atoms with Crippen LogP contribution in [0.3, 0.4) is 0 Å². The average Bonchev–Trinajstić information content (AvgIpc) is 2.30. The van der Waals surface area contributed by atoms with Crippen molar-refractivity contribution in [1.82, 2.24) is 0 Å². The van der Waals surface area contributed by atoms with Gasteiger partial charge in [0.25, 0.3) is 0 Å². The van der Waals surface area contributed by atoms with E-state index in [4.69, 9.17) is 10.6 Å². The Hall–Kier alpha value is -1.20. The minimum Gasteiger partial charge on any atom is -0.369 e. The highest BCUT2D eigenvalue weighted by atomic mass is 31.2. The van der Waals surface area contributed by atoms with Gasteiger partial charge in [0.1, 0.15) is 6.04 Å². The summed E-state index contributed by atoms with van der Waals surface area (Å²) in [5, 5.41) is 0. The molecule has 0 amide bonds. The highest BCUT2D eigenvalue weighted by Gasteiger charge is 2.27. The van der Waals surface area contributed by atoms with Crippen molar-refractivity contribution in [2.75, 3.05) is 7.11 Å². The van der Waals surface area contributed by atoms with Crippen molar-refractivity contribution in [3.8, 4) is 0 Å². The summed E-state index contributed by atoms with van der Waals surface area (Å²) in [5.74, 6) is -0.971. The molecule has 0 aliphatic heterocycles. The van der Waals surface area contributed by atoms with Crippen molar-refractivity contribution in [2.24, 2.45) is 5.73 Å². The molecule has 7 heteroatoms. The Balaban J connectivity index is 2.57. The number of nitrogens with two attached hydrogens (primary N) is 1. The zero-order valence-electron chi connectivity index (χ0n) is 9.28. The summed E-state index contributed by atoms with van der Waals surface area (Å²) in [6, 6.07) is 8.02. The van der Waals surface area contributed by atoms with Crippen molar-refractivity contribution >= 4 is 13.8 Å². The number of hydrogen-bond acceptors (Lipinski definition) is 5. The van der Waals surface area contributed by atoms with E-state index in [0.717, 1.165) is 12.7 Å². The third-order valence-corrected chi connectivity index (χ3v) is 2.91. The number of benzene rings is 1. The first-order chi connectivity index (χ1) is 7.94. The van der Waals surface area contributed by atoms with Gasteiger partial charge >= 0.3 is 13.8 Å². The summed E-state index contributed by atoms with van der Waals surface area (Å²) in [6.07, 6.45) is 0.226. The SMILES string of the molecule is COP(=O)(O)OC(=O)[C@@H](N)Cc1ccccc1. The summed E-state index contributed by atoms with van der Waals surface area (Å²) in [4.78, 5) is 20.3. The summed E-state index contributed by atoms with van der Waals surface area (Å²) in [5.41, 5.74) is 6.38. The van der Waals surface area contributed by atoms with E-state index in [1.165, 1.54) is 0 Å². The first-order valence-corrected chi connectivity index (χ1v) is 6.35. The first-order valence-electron chi connectivity index (χ1n) is 4.86. The molecule has 0 radical (unpaired) electrons. The molecule has 3 N–H and O–H groups in total. The molecule has 1 rings (SSSR count). The smallest absolute Gasteiger partial charge is 0.369 e. The molecule has 0 saturated heterocycles. The highest BCUT2D eigenvalue weighted by molar-refractivity contribution is 7.48. The zero-order chi connectivity index (χ0) is 12.9. The fourth-order valence-corrected chi connectivity index (χ4v) is 1.61. The Morgan fingerprint density at radius 2 is 2.06 bits per heavy atom. The fraction of sp³-hybridized carbons (Fsp3) is 0.300. The lowest BCUT2D eigenvalue weighted by atomic mass is 10.1. The number of hydrogen-bond donors (Lipinski definition) is 2. The maximum absolute atomic E-state index is 11.4. The van der Waals surface area contributed by atoms with Crippen molar-refractivity contribution < 1.29 is 23.3 Å². The van der Waals surface area contributed by atoms with E-state index in [9.17, 15) is 9.36 Å². The van der Waals surface area contributed by atoms with E-state index in [-0.39, 0.29) is 6.42 Å². The molecule has 0 spiro atoms. The molecule has 1 aromatic rings. The van der Waals surface area contributed by atoms with Gasteiger partial charge < -0.3 is 10.3 Å². The maximum atomic E-state index is 11.4. The predicted octanol–water partition coefficient (Wildman–Crippen LogP) is 0.846. The number of phosphoric ester groups is 1. The molecule has 0 aliphatic carbocycles. The molecule has 0 saturated carbocycles. The van der Waals surface area contributed by atoms with Gasteiger partial charge in [-0.15, -0.1) is 0 Å². The lowest BCUT2D eigenvalue weighted by molar-refractivity contribution is -0.137. The largest absolute Gasteiger partial charge is 0.529 e. The molecule has 1 aromatic carbocycles. The van der Waals surface area contributed by atoms with Crippen LogP contribution in [0.25, 0.3) is 0 Å².